The van der Waals surface area contributed by atoms with E-state index in [2.05, 4.69) is 4.98 Å². The number of oxazole rings is 1. The summed E-state index contributed by atoms with van der Waals surface area (Å²) in [4.78, 5) is 14.6. The Labute approximate surface area is 107 Å². The summed E-state index contributed by atoms with van der Waals surface area (Å²) < 4.78 is 5.44. The fraction of sp³-hybridized carbons (Fsp3) is 0.273. The van der Waals surface area contributed by atoms with E-state index in [0.717, 1.165) is 0 Å². The highest BCUT2D eigenvalue weighted by atomic mass is 35.5. The van der Waals surface area contributed by atoms with Crippen LogP contribution in [0.2, 0.25) is 10.0 Å². The van der Waals surface area contributed by atoms with Crippen molar-refractivity contribution < 1.29 is 14.3 Å². The smallest absolute Gasteiger partial charge is 0.303 e. The summed E-state index contributed by atoms with van der Waals surface area (Å²) in [7, 11) is 0. The molecule has 1 N–H and O–H groups in total. The largest absolute Gasteiger partial charge is 0.481 e. The van der Waals surface area contributed by atoms with E-state index < -0.39 is 5.97 Å². The lowest BCUT2D eigenvalue weighted by atomic mass is 10.2. The first-order valence-electron chi connectivity index (χ1n) is 5.02. The molecule has 0 aliphatic rings. The van der Waals surface area contributed by atoms with Crippen LogP contribution in [0.5, 0.6) is 0 Å². The molecule has 1 heterocycles. The minimum Gasteiger partial charge on any atom is -0.481 e. The van der Waals surface area contributed by atoms with Crippen LogP contribution in [0.25, 0.3) is 11.1 Å². The highest BCUT2D eigenvalue weighted by Crippen LogP contribution is 2.28. The van der Waals surface area contributed by atoms with Crippen molar-refractivity contribution in [2.24, 2.45) is 0 Å². The molecule has 0 aliphatic heterocycles. The first-order valence-corrected chi connectivity index (χ1v) is 5.78. The molecule has 1 aromatic heterocycles. The van der Waals surface area contributed by atoms with Crippen molar-refractivity contribution >= 4 is 40.3 Å². The first-order chi connectivity index (χ1) is 8.06. The van der Waals surface area contributed by atoms with Crippen LogP contribution in [-0.2, 0) is 11.2 Å². The molecular weight excluding hydrogens is 265 g/mol. The number of carboxylic acids is 1. The van der Waals surface area contributed by atoms with Crippen molar-refractivity contribution in [2.45, 2.75) is 19.3 Å². The average molecular weight is 274 g/mol. The minimum atomic E-state index is -0.831. The molecule has 0 aliphatic carbocycles. The Morgan fingerprint density at radius 2 is 2.18 bits per heavy atom. The molecule has 0 atom stereocenters. The van der Waals surface area contributed by atoms with Crippen molar-refractivity contribution in [1.29, 1.82) is 0 Å². The van der Waals surface area contributed by atoms with Crippen LogP contribution < -0.4 is 0 Å². The zero-order valence-corrected chi connectivity index (χ0v) is 10.3. The fourth-order valence-corrected chi connectivity index (χ4v) is 2.02. The van der Waals surface area contributed by atoms with E-state index in [9.17, 15) is 4.79 Å². The van der Waals surface area contributed by atoms with Crippen molar-refractivity contribution in [3.63, 3.8) is 0 Å². The minimum absolute atomic E-state index is 0.0905. The third-order valence-corrected chi connectivity index (χ3v) is 2.73. The van der Waals surface area contributed by atoms with Gasteiger partial charge in [0.2, 0.25) is 0 Å². The molecule has 2 aromatic rings. The van der Waals surface area contributed by atoms with Gasteiger partial charge >= 0.3 is 5.97 Å². The predicted octanol–water partition coefficient (Wildman–Crippen LogP) is 3.54. The molecule has 17 heavy (non-hydrogen) atoms. The lowest BCUT2D eigenvalue weighted by molar-refractivity contribution is -0.137. The van der Waals surface area contributed by atoms with Gasteiger partial charge in [0.15, 0.2) is 11.5 Å². The van der Waals surface area contributed by atoms with E-state index in [1.54, 1.807) is 12.1 Å². The van der Waals surface area contributed by atoms with Crippen LogP contribution in [-0.4, -0.2) is 16.1 Å². The number of carbonyl (C=O) groups is 1. The Hall–Kier alpha value is -1.26. The summed E-state index contributed by atoms with van der Waals surface area (Å²) in [6.07, 6.45) is 1.04. The second-order valence-electron chi connectivity index (χ2n) is 3.59. The zero-order chi connectivity index (χ0) is 12.4. The molecule has 1 aromatic carbocycles. The number of halogens is 2. The Bertz CT molecular complexity index is 565. The number of fused-ring (bicyclic) bond motifs is 1. The Balaban J connectivity index is 2.20. The van der Waals surface area contributed by atoms with Crippen LogP contribution in [0.4, 0.5) is 0 Å². The maximum absolute atomic E-state index is 10.4. The van der Waals surface area contributed by atoms with Gasteiger partial charge in [0, 0.05) is 17.9 Å². The molecule has 0 unspecified atom stereocenters. The Kier molecular flexibility index (Phi) is 3.54. The second kappa shape index (κ2) is 4.94. The summed E-state index contributed by atoms with van der Waals surface area (Å²) in [6.45, 7) is 0. The maximum atomic E-state index is 10.4. The quantitative estimate of drug-likeness (QED) is 0.926. The number of aliphatic carboxylic acids is 1. The molecule has 4 nitrogen and oxygen atoms in total. The summed E-state index contributed by atoms with van der Waals surface area (Å²) >= 11 is 11.8. The molecule has 0 saturated carbocycles. The van der Waals surface area contributed by atoms with Gasteiger partial charge in [0.25, 0.3) is 0 Å². The molecule has 0 fully saturated rings. The summed E-state index contributed by atoms with van der Waals surface area (Å²) in [5.41, 5.74) is 1.08. The molecule has 0 radical (unpaired) electrons. The molecule has 0 bridgehead atoms. The number of benzene rings is 1. The highest BCUT2D eigenvalue weighted by Gasteiger charge is 2.10. The van der Waals surface area contributed by atoms with Crippen molar-refractivity contribution in [3.8, 4) is 0 Å². The van der Waals surface area contributed by atoms with Gasteiger partial charge in [-0.05, 0) is 18.6 Å². The average Bonchev–Trinajstić information content (AvgIpc) is 2.60. The lowest BCUT2D eigenvalue weighted by Gasteiger charge is -1.92. The van der Waals surface area contributed by atoms with E-state index in [-0.39, 0.29) is 6.42 Å². The standard InChI is InChI=1S/C11H9Cl2NO3/c12-6-4-7(13)11-8(5-6)14-9(17-11)2-1-3-10(15)16/h4-5H,1-3H2,(H,15,16). The summed E-state index contributed by atoms with van der Waals surface area (Å²) in [5.74, 6) is -0.354. The van der Waals surface area contributed by atoms with Gasteiger partial charge in [0.1, 0.15) is 5.52 Å². The number of rotatable bonds is 4. The topological polar surface area (TPSA) is 63.3 Å². The number of hydrogen-bond acceptors (Lipinski definition) is 3. The number of aromatic nitrogens is 1. The van der Waals surface area contributed by atoms with Crippen LogP contribution in [0.1, 0.15) is 18.7 Å². The van der Waals surface area contributed by atoms with Crippen molar-refractivity contribution in [1.82, 2.24) is 4.98 Å². The monoisotopic (exact) mass is 273 g/mol. The van der Waals surface area contributed by atoms with Crippen molar-refractivity contribution in [2.75, 3.05) is 0 Å². The van der Waals surface area contributed by atoms with E-state index in [1.165, 1.54) is 0 Å². The number of aryl methyl sites for hydroxylation is 1. The van der Waals surface area contributed by atoms with Crippen LogP contribution in [0.3, 0.4) is 0 Å². The number of hydrogen-bond donors (Lipinski definition) is 1. The summed E-state index contributed by atoms with van der Waals surface area (Å²) in [6, 6.07) is 3.24. The second-order valence-corrected chi connectivity index (χ2v) is 4.43. The van der Waals surface area contributed by atoms with Gasteiger partial charge in [-0.25, -0.2) is 4.98 Å². The molecule has 0 spiro atoms. The van der Waals surface area contributed by atoms with Gasteiger partial charge in [0.05, 0.1) is 5.02 Å². The molecule has 0 saturated heterocycles. The van der Waals surface area contributed by atoms with Gasteiger partial charge in [-0.2, -0.15) is 0 Å². The molecule has 2 rings (SSSR count). The third kappa shape index (κ3) is 2.90. The number of carboxylic acid groups (broad SMARTS) is 1. The van der Waals surface area contributed by atoms with Crippen LogP contribution in [0, 0.1) is 0 Å². The summed E-state index contributed by atoms with van der Waals surface area (Å²) in [5, 5.41) is 9.42. The molecule has 90 valence electrons. The molecule has 6 heteroatoms. The predicted molar refractivity (Wildman–Crippen MR) is 64.6 cm³/mol. The highest BCUT2D eigenvalue weighted by molar-refractivity contribution is 6.37. The normalized spacial score (nSPS) is 10.9. The maximum Gasteiger partial charge on any atom is 0.303 e. The first kappa shape index (κ1) is 12.2. The third-order valence-electron chi connectivity index (χ3n) is 2.24. The lowest BCUT2D eigenvalue weighted by Crippen LogP contribution is -1.95. The molecule has 0 amide bonds. The SMILES string of the molecule is O=C(O)CCCc1nc2cc(Cl)cc(Cl)c2o1. The van der Waals surface area contributed by atoms with E-state index in [0.29, 0.717) is 39.9 Å². The van der Waals surface area contributed by atoms with Gasteiger partial charge in [-0.1, -0.05) is 23.2 Å². The zero-order valence-electron chi connectivity index (χ0n) is 8.74. The van der Waals surface area contributed by atoms with Crippen LogP contribution >= 0.6 is 23.2 Å². The Morgan fingerprint density at radius 1 is 1.41 bits per heavy atom. The van der Waals surface area contributed by atoms with E-state index >= 15 is 0 Å². The van der Waals surface area contributed by atoms with E-state index in [1.807, 2.05) is 0 Å². The number of nitrogens with zero attached hydrogens (tertiary/aromatic N) is 1. The van der Waals surface area contributed by atoms with Crippen molar-refractivity contribution in [3.05, 3.63) is 28.1 Å². The van der Waals surface area contributed by atoms with Crippen LogP contribution in [0.15, 0.2) is 16.5 Å². The fourth-order valence-electron chi connectivity index (χ4n) is 1.50. The van der Waals surface area contributed by atoms with Gasteiger partial charge < -0.3 is 9.52 Å². The van der Waals surface area contributed by atoms with E-state index in [4.69, 9.17) is 32.7 Å². The van der Waals surface area contributed by atoms with Gasteiger partial charge in [-0.15, -0.1) is 0 Å². The Morgan fingerprint density at radius 3 is 2.88 bits per heavy atom. The molecular formula is C11H9Cl2NO3. The van der Waals surface area contributed by atoms with Gasteiger partial charge in [-0.3, -0.25) is 4.79 Å².